The predicted octanol–water partition coefficient (Wildman–Crippen LogP) is 4.10. The van der Waals surface area contributed by atoms with Crippen molar-refractivity contribution in [2.24, 2.45) is 0 Å². The van der Waals surface area contributed by atoms with Crippen LogP contribution in [0.3, 0.4) is 0 Å². The third-order valence-electron chi connectivity index (χ3n) is 4.88. The summed E-state index contributed by atoms with van der Waals surface area (Å²) < 4.78 is 13.2. The van der Waals surface area contributed by atoms with Gasteiger partial charge in [0.05, 0.1) is 24.1 Å². The van der Waals surface area contributed by atoms with Crippen LogP contribution in [0.4, 0.5) is 16.2 Å². The molecular weight excluding hydrogens is 355 g/mol. The minimum absolute atomic E-state index is 0.194. The number of halogens is 1. The molecule has 0 bridgehead atoms. The average molecular weight is 378 g/mol. The first-order chi connectivity index (χ1) is 13.6. The lowest BCUT2D eigenvalue weighted by atomic mass is 10.1. The molecule has 6 nitrogen and oxygen atoms in total. The fraction of sp³-hybridized carbons (Fsp3) is 0.333. The Morgan fingerprint density at radius 1 is 1.07 bits per heavy atom. The summed E-state index contributed by atoms with van der Waals surface area (Å²) in [6.07, 6.45) is 5.63. The number of benzene rings is 1. The predicted molar refractivity (Wildman–Crippen MR) is 106 cm³/mol. The molecule has 1 aliphatic heterocycles. The largest absolute Gasteiger partial charge is 0.307 e. The van der Waals surface area contributed by atoms with E-state index in [9.17, 15) is 4.39 Å². The van der Waals surface area contributed by atoms with E-state index in [0.717, 1.165) is 48.6 Å². The summed E-state index contributed by atoms with van der Waals surface area (Å²) in [6.45, 7) is 5.63. The van der Waals surface area contributed by atoms with Crippen molar-refractivity contribution in [3.8, 4) is 0 Å². The van der Waals surface area contributed by atoms with Gasteiger partial charge in [0.15, 0.2) is 5.82 Å². The average Bonchev–Trinajstić information content (AvgIpc) is 3.11. The fourth-order valence-corrected chi connectivity index (χ4v) is 3.67. The first kappa shape index (κ1) is 18.4. The zero-order valence-electron chi connectivity index (χ0n) is 16.1. The molecule has 0 saturated carbocycles. The lowest BCUT2D eigenvalue weighted by Crippen LogP contribution is -2.23. The van der Waals surface area contributed by atoms with Crippen LogP contribution < -0.4 is 5.32 Å². The van der Waals surface area contributed by atoms with E-state index in [4.69, 9.17) is 4.98 Å². The van der Waals surface area contributed by atoms with E-state index in [1.165, 1.54) is 12.1 Å². The minimum Gasteiger partial charge on any atom is -0.307 e. The lowest BCUT2D eigenvalue weighted by Gasteiger charge is -2.24. The first-order valence-electron chi connectivity index (χ1n) is 9.46. The van der Waals surface area contributed by atoms with Crippen molar-refractivity contribution in [1.82, 2.24) is 24.8 Å². The van der Waals surface area contributed by atoms with Crippen molar-refractivity contribution in [3.63, 3.8) is 0 Å². The fourth-order valence-electron chi connectivity index (χ4n) is 3.67. The molecular formula is C21H23FN6. The normalized spacial score (nSPS) is 17.0. The van der Waals surface area contributed by atoms with E-state index in [-0.39, 0.29) is 11.9 Å². The molecule has 2 aromatic heterocycles. The molecule has 0 amide bonds. The Morgan fingerprint density at radius 2 is 1.82 bits per heavy atom. The number of nitrogens with one attached hydrogen (secondary N) is 1. The van der Waals surface area contributed by atoms with E-state index < -0.39 is 0 Å². The Balaban J connectivity index is 1.51. The van der Waals surface area contributed by atoms with Gasteiger partial charge in [-0.25, -0.2) is 19.3 Å². The van der Waals surface area contributed by atoms with E-state index >= 15 is 0 Å². The molecule has 3 aromatic rings. The molecule has 3 heterocycles. The van der Waals surface area contributed by atoms with Crippen LogP contribution >= 0.6 is 0 Å². The SMILES string of the molecule is Cc1cc(C)nc(Nc2cncc([C@H]3CCCN3Cc3ccc(F)cc3)n2)n1. The van der Waals surface area contributed by atoms with Crippen molar-refractivity contribution < 1.29 is 4.39 Å². The maximum absolute atomic E-state index is 13.2. The second-order valence-electron chi connectivity index (χ2n) is 7.18. The van der Waals surface area contributed by atoms with Gasteiger partial charge in [-0.1, -0.05) is 12.1 Å². The molecule has 1 aliphatic rings. The van der Waals surface area contributed by atoms with Crippen LogP contribution in [0.5, 0.6) is 0 Å². The van der Waals surface area contributed by atoms with Gasteiger partial charge in [-0.05, 0) is 57.0 Å². The van der Waals surface area contributed by atoms with Crippen molar-refractivity contribution in [2.75, 3.05) is 11.9 Å². The van der Waals surface area contributed by atoms with Crippen LogP contribution in [0.15, 0.2) is 42.7 Å². The van der Waals surface area contributed by atoms with Crippen LogP contribution in [-0.2, 0) is 6.54 Å². The molecule has 0 radical (unpaired) electrons. The maximum atomic E-state index is 13.2. The molecule has 7 heteroatoms. The molecule has 4 rings (SSSR count). The molecule has 1 aromatic carbocycles. The van der Waals surface area contributed by atoms with Gasteiger partial charge in [-0.15, -0.1) is 0 Å². The number of anilines is 2. The second kappa shape index (κ2) is 7.98. The zero-order valence-corrected chi connectivity index (χ0v) is 16.1. The van der Waals surface area contributed by atoms with Gasteiger partial charge < -0.3 is 5.32 Å². The summed E-state index contributed by atoms with van der Waals surface area (Å²) in [4.78, 5) is 20.3. The molecule has 0 unspecified atom stereocenters. The van der Waals surface area contributed by atoms with E-state index in [1.54, 1.807) is 6.20 Å². The number of aromatic nitrogens is 4. The third-order valence-corrected chi connectivity index (χ3v) is 4.88. The van der Waals surface area contributed by atoms with E-state index in [2.05, 4.69) is 25.2 Å². The molecule has 1 atom stereocenters. The Kier molecular flexibility index (Phi) is 5.25. The summed E-state index contributed by atoms with van der Waals surface area (Å²) in [5, 5.41) is 3.16. The van der Waals surface area contributed by atoms with Crippen molar-refractivity contribution >= 4 is 11.8 Å². The summed E-state index contributed by atoms with van der Waals surface area (Å²) in [5.74, 6) is 0.953. The van der Waals surface area contributed by atoms with Crippen molar-refractivity contribution in [2.45, 2.75) is 39.3 Å². The van der Waals surface area contributed by atoms with Crippen LogP contribution in [0.1, 0.15) is 41.5 Å². The number of likely N-dealkylation sites (tertiary alicyclic amines) is 1. The van der Waals surface area contributed by atoms with Crippen LogP contribution in [-0.4, -0.2) is 31.4 Å². The Morgan fingerprint density at radius 3 is 2.57 bits per heavy atom. The Hall–Kier alpha value is -2.93. The topological polar surface area (TPSA) is 66.8 Å². The van der Waals surface area contributed by atoms with Gasteiger partial charge >= 0.3 is 0 Å². The number of aryl methyl sites for hydroxylation is 2. The monoisotopic (exact) mass is 378 g/mol. The number of nitrogens with zero attached hydrogens (tertiary/aromatic N) is 5. The van der Waals surface area contributed by atoms with Crippen LogP contribution in [0.2, 0.25) is 0 Å². The molecule has 1 fully saturated rings. The van der Waals surface area contributed by atoms with Crippen LogP contribution in [0.25, 0.3) is 0 Å². The van der Waals surface area contributed by atoms with E-state index in [1.807, 2.05) is 38.2 Å². The highest BCUT2D eigenvalue weighted by molar-refractivity contribution is 5.46. The maximum Gasteiger partial charge on any atom is 0.228 e. The highest BCUT2D eigenvalue weighted by atomic mass is 19.1. The summed E-state index contributed by atoms with van der Waals surface area (Å²) in [7, 11) is 0. The molecule has 1 N–H and O–H groups in total. The molecule has 0 spiro atoms. The van der Waals surface area contributed by atoms with E-state index in [0.29, 0.717) is 11.8 Å². The van der Waals surface area contributed by atoms with Crippen LogP contribution in [0, 0.1) is 19.7 Å². The summed E-state index contributed by atoms with van der Waals surface area (Å²) in [5.41, 5.74) is 3.83. The smallest absolute Gasteiger partial charge is 0.228 e. The number of hydrogen-bond acceptors (Lipinski definition) is 6. The lowest BCUT2D eigenvalue weighted by molar-refractivity contribution is 0.244. The van der Waals surface area contributed by atoms with Gasteiger partial charge in [0.2, 0.25) is 5.95 Å². The molecule has 1 saturated heterocycles. The third kappa shape index (κ3) is 4.31. The minimum atomic E-state index is -0.208. The molecule has 0 aliphatic carbocycles. The Labute approximate surface area is 163 Å². The van der Waals surface area contributed by atoms with Crippen molar-refractivity contribution in [3.05, 3.63) is 71.2 Å². The van der Waals surface area contributed by atoms with Gasteiger partial charge in [-0.3, -0.25) is 9.88 Å². The van der Waals surface area contributed by atoms with Gasteiger partial charge in [0, 0.05) is 17.9 Å². The van der Waals surface area contributed by atoms with Gasteiger partial charge in [0.1, 0.15) is 5.82 Å². The van der Waals surface area contributed by atoms with Gasteiger partial charge in [0.25, 0.3) is 0 Å². The summed E-state index contributed by atoms with van der Waals surface area (Å²) in [6, 6.07) is 8.82. The number of rotatable bonds is 5. The second-order valence-corrected chi connectivity index (χ2v) is 7.18. The quantitative estimate of drug-likeness (QED) is 0.721. The molecule has 28 heavy (non-hydrogen) atoms. The zero-order chi connectivity index (χ0) is 19.5. The first-order valence-corrected chi connectivity index (χ1v) is 9.46. The standard InChI is InChI=1S/C21H23FN6/c1-14-10-15(2)25-21(24-14)27-20-12-23-11-18(26-20)19-4-3-9-28(19)13-16-5-7-17(22)8-6-16/h5-8,10-12,19H,3-4,9,13H2,1-2H3,(H,24,25,26,27)/t19-/m1/s1. The van der Waals surface area contributed by atoms with Gasteiger partial charge in [-0.2, -0.15) is 0 Å². The van der Waals surface area contributed by atoms with Crippen molar-refractivity contribution in [1.29, 1.82) is 0 Å². The highest BCUT2D eigenvalue weighted by Crippen LogP contribution is 2.32. The number of hydrogen-bond donors (Lipinski definition) is 1. The molecule has 144 valence electrons. The highest BCUT2D eigenvalue weighted by Gasteiger charge is 2.27. The Bertz CT molecular complexity index is 939. The summed E-state index contributed by atoms with van der Waals surface area (Å²) >= 11 is 0.